The second-order valence-corrected chi connectivity index (χ2v) is 10.2. The van der Waals surface area contributed by atoms with E-state index in [0.29, 0.717) is 48.2 Å². The molecule has 1 aliphatic heterocycles. The fraction of sp³-hybridized carbons (Fsp3) is 0.103. The van der Waals surface area contributed by atoms with E-state index in [1.807, 2.05) is 18.2 Å². The molecule has 0 spiro atoms. The van der Waals surface area contributed by atoms with Gasteiger partial charge in [0.15, 0.2) is 11.4 Å². The minimum atomic E-state index is -1.08. The lowest BCUT2D eigenvalue weighted by molar-refractivity contribution is -0.139. The van der Waals surface area contributed by atoms with Crippen LogP contribution in [0.2, 0.25) is 5.02 Å². The predicted molar refractivity (Wildman–Crippen MR) is 150 cm³/mol. The van der Waals surface area contributed by atoms with Crippen molar-refractivity contribution in [3.05, 3.63) is 126 Å². The molecule has 5 rings (SSSR count). The molecule has 0 bridgehead atoms. The molecule has 196 valence electrons. The summed E-state index contributed by atoms with van der Waals surface area (Å²) in [5.41, 5.74) is 2.53. The van der Waals surface area contributed by atoms with Gasteiger partial charge in [-0.2, -0.15) is 0 Å². The van der Waals surface area contributed by atoms with Gasteiger partial charge in [-0.3, -0.25) is 14.2 Å². The van der Waals surface area contributed by atoms with Crippen LogP contribution in [0.5, 0.6) is 5.75 Å². The first-order valence-corrected chi connectivity index (χ1v) is 13.1. The molecule has 1 amide bonds. The topological polar surface area (TPSA) is 110 Å². The number of rotatable bonds is 7. The SMILES string of the molecule is CC1=C(C(=O)Nc2ccccc2)[C@H](c2ccc(Cl)cc2)n2c(s/c(=C/c3cccc(OCC(=O)O)c3)c2=O)=N1. The van der Waals surface area contributed by atoms with Crippen molar-refractivity contribution in [2.24, 2.45) is 4.99 Å². The maximum absolute atomic E-state index is 13.8. The number of amides is 1. The lowest BCUT2D eigenvalue weighted by atomic mass is 9.95. The summed E-state index contributed by atoms with van der Waals surface area (Å²) in [5.74, 6) is -1.08. The molecule has 8 nitrogen and oxygen atoms in total. The van der Waals surface area contributed by atoms with Crippen molar-refractivity contribution in [1.29, 1.82) is 0 Å². The maximum atomic E-state index is 13.8. The van der Waals surface area contributed by atoms with Crippen LogP contribution in [-0.2, 0) is 9.59 Å². The van der Waals surface area contributed by atoms with Crippen molar-refractivity contribution >= 4 is 46.6 Å². The lowest BCUT2D eigenvalue weighted by Crippen LogP contribution is -2.40. The van der Waals surface area contributed by atoms with Crippen LogP contribution < -0.4 is 24.9 Å². The summed E-state index contributed by atoms with van der Waals surface area (Å²) >= 11 is 7.35. The van der Waals surface area contributed by atoms with Gasteiger partial charge in [0.25, 0.3) is 11.5 Å². The number of carbonyl (C=O) groups excluding carboxylic acids is 1. The van der Waals surface area contributed by atoms with E-state index in [9.17, 15) is 14.4 Å². The Kier molecular flexibility index (Phi) is 7.44. The first-order valence-electron chi connectivity index (χ1n) is 11.9. The van der Waals surface area contributed by atoms with Crippen molar-refractivity contribution in [3.8, 4) is 5.75 Å². The number of carbonyl (C=O) groups is 2. The molecule has 0 unspecified atom stereocenters. The number of carboxylic acids is 1. The van der Waals surface area contributed by atoms with Gasteiger partial charge in [0, 0.05) is 10.7 Å². The van der Waals surface area contributed by atoms with Gasteiger partial charge >= 0.3 is 5.97 Å². The molecule has 0 fully saturated rings. The second kappa shape index (κ2) is 11.1. The summed E-state index contributed by atoms with van der Waals surface area (Å²) in [6.07, 6.45) is 1.69. The molecule has 1 aliphatic rings. The third kappa shape index (κ3) is 5.69. The highest BCUT2D eigenvalue weighted by molar-refractivity contribution is 7.07. The summed E-state index contributed by atoms with van der Waals surface area (Å²) < 4.78 is 7.19. The van der Waals surface area contributed by atoms with Crippen molar-refractivity contribution in [2.45, 2.75) is 13.0 Å². The maximum Gasteiger partial charge on any atom is 0.341 e. The number of ether oxygens (including phenoxy) is 1. The summed E-state index contributed by atoms with van der Waals surface area (Å²) in [4.78, 5) is 43.3. The average Bonchev–Trinajstić information content (AvgIpc) is 3.22. The number of thiazole rings is 1. The number of anilines is 1. The highest BCUT2D eigenvalue weighted by Gasteiger charge is 2.32. The highest BCUT2D eigenvalue weighted by Crippen LogP contribution is 2.31. The number of benzene rings is 3. The number of carboxylic acid groups (broad SMARTS) is 1. The van der Waals surface area contributed by atoms with E-state index in [-0.39, 0.29) is 11.5 Å². The monoisotopic (exact) mass is 559 g/mol. The first kappa shape index (κ1) is 26.1. The number of para-hydroxylation sites is 1. The Labute approximate surface area is 231 Å². The van der Waals surface area contributed by atoms with Crippen LogP contribution in [0.15, 0.2) is 99.9 Å². The Bertz CT molecular complexity index is 1780. The van der Waals surface area contributed by atoms with Gasteiger partial charge in [-0.15, -0.1) is 0 Å². The smallest absolute Gasteiger partial charge is 0.341 e. The van der Waals surface area contributed by atoms with Gasteiger partial charge in [-0.05, 0) is 60.5 Å². The van der Waals surface area contributed by atoms with E-state index in [0.717, 1.165) is 0 Å². The Morgan fingerprint density at radius 1 is 1.10 bits per heavy atom. The normalized spacial score (nSPS) is 14.9. The number of hydrogen-bond donors (Lipinski definition) is 2. The standard InChI is InChI=1S/C29H22ClN3O5S/c1-17-25(27(36)32-21-7-3-2-4-8-21)26(19-10-12-20(30)13-11-19)33-28(37)23(39-29(33)31-17)15-18-6-5-9-22(14-18)38-16-24(34)35/h2-15,26H,16H2,1H3,(H,32,36)(H,34,35)/b23-15+/t26-/m0/s1. The quantitative estimate of drug-likeness (QED) is 0.356. The Hall–Kier alpha value is -4.47. The number of nitrogens with zero attached hydrogens (tertiary/aromatic N) is 2. The number of allylic oxidation sites excluding steroid dienone is 1. The molecule has 1 atom stereocenters. The van der Waals surface area contributed by atoms with Crippen molar-refractivity contribution < 1.29 is 19.4 Å². The zero-order chi connectivity index (χ0) is 27.5. The molecule has 0 radical (unpaired) electrons. The molecular weight excluding hydrogens is 538 g/mol. The van der Waals surface area contributed by atoms with Crippen LogP contribution in [0.1, 0.15) is 24.1 Å². The molecule has 39 heavy (non-hydrogen) atoms. The van der Waals surface area contributed by atoms with Crippen LogP contribution in [0.4, 0.5) is 5.69 Å². The van der Waals surface area contributed by atoms with Crippen molar-refractivity contribution in [2.75, 3.05) is 11.9 Å². The minimum Gasteiger partial charge on any atom is -0.482 e. The van der Waals surface area contributed by atoms with E-state index >= 15 is 0 Å². The van der Waals surface area contributed by atoms with Crippen LogP contribution in [-0.4, -0.2) is 28.2 Å². The number of halogens is 1. The zero-order valence-electron chi connectivity index (χ0n) is 20.6. The van der Waals surface area contributed by atoms with Gasteiger partial charge in [0.1, 0.15) is 5.75 Å². The molecule has 0 saturated heterocycles. The number of nitrogens with one attached hydrogen (secondary N) is 1. The van der Waals surface area contributed by atoms with E-state index < -0.39 is 18.6 Å². The molecule has 0 saturated carbocycles. The lowest BCUT2D eigenvalue weighted by Gasteiger charge is -2.25. The largest absolute Gasteiger partial charge is 0.482 e. The van der Waals surface area contributed by atoms with Crippen LogP contribution in [0, 0.1) is 0 Å². The summed E-state index contributed by atoms with van der Waals surface area (Å²) in [6.45, 7) is 1.28. The van der Waals surface area contributed by atoms with E-state index in [4.69, 9.17) is 21.4 Å². The zero-order valence-corrected chi connectivity index (χ0v) is 22.2. The van der Waals surface area contributed by atoms with E-state index in [1.54, 1.807) is 73.7 Å². The average molecular weight is 560 g/mol. The first-order chi connectivity index (χ1) is 18.8. The fourth-order valence-corrected chi connectivity index (χ4v) is 5.46. The Balaban J connectivity index is 1.61. The van der Waals surface area contributed by atoms with Crippen LogP contribution in [0.25, 0.3) is 6.08 Å². The number of fused-ring (bicyclic) bond motifs is 1. The molecule has 2 N–H and O–H groups in total. The molecule has 2 heterocycles. The molecular formula is C29H22ClN3O5S. The number of hydrogen-bond acceptors (Lipinski definition) is 6. The number of aliphatic carboxylic acids is 1. The highest BCUT2D eigenvalue weighted by atomic mass is 35.5. The minimum absolute atomic E-state index is 0.312. The molecule has 1 aromatic heterocycles. The fourth-order valence-electron chi connectivity index (χ4n) is 4.28. The third-order valence-electron chi connectivity index (χ3n) is 6.00. The predicted octanol–water partition coefficient (Wildman–Crippen LogP) is 3.99. The summed E-state index contributed by atoms with van der Waals surface area (Å²) in [5, 5.41) is 12.3. The van der Waals surface area contributed by atoms with Crippen LogP contribution in [0.3, 0.4) is 0 Å². The molecule has 4 aromatic rings. The van der Waals surface area contributed by atoms with Gasteiger partial charge in [0.2, 0.25) is 0 Å². The van der Waals surface area contributed by atoms with E-state index in [2.05, 4.69) is 10.3 Å². The molecule has 0 aliphatic carbocycles. The van der Waals surface area contributed by atoms with Gasteiger partial charge < -0.3 is 15.2 Å². The molecule has 3 aromatic carbocycles. The van der Waals surface area contributed by atoms with Crippen LogP contribution >= 0.6 is 22.9 Å². The number of aromatic nitrogens is 1. The summed E-state index contributed by atoms with van der Waals surface area (Å²) in [6, 6.07) is 22.2. The Morgan fingerprint density at radius 2 is 1.85 bits per heavy atom. The summed E-state index contributed by atoms with van der Waals surface area (Å²) in [7, 11) is 0. The molecule has 10 heteroatoms. The second-order valence-electron chi connectivity index (χ2n) is 8.71. The van der Waals surface area contributed by atoms with Gasteiger partial charge in [-0.1, -0.05) is 65.4 Å². The van der Waals surface area contributed by atoms with Gasteiger partial charge in [0.05, 0.1) is 21.8 Å². The van der Waals surface area contributed by atoms with Crippen molar-refractivity contribution in [3.63, 3.8) is 0 Å². The third-order valence-corrected chi connectivity index (χ3v) is 7.24. The van der Waals surface area contributed by atoms with E-state index in [1.165, 1.54) is 15.9 Å². The van der Waals surface area contributed by atoms with Gasteiger partial charge in [-0.25, -0.2) is 9.79 Å². The Morgan fingerprint density at radius 3 is 2.56 bits per heavy atom. The van der Waals surface area contributed by atoms with Crippen molar-refractivity contribution in [1.82, 2.24) is 4.57 Å².